The summed E-state index contributed by atoms with van der Waals surface area (Å²) in [6.07, 6.45) is 18.4. The van der Waals surface area contributed by atoms with E-state index in [1.807, 2.05) is 0 Å². The number of anilines is 1. The zero-order valence-electron chi connectivity index (χ0n) is 23.8. The third-order valence-electron chi connectivity index (χ3n) is 7.38. The van der Waals surface area contributed by atoms with Gasteiger partial charge in [0.2, 0.25) is 0 Å². The van der Waals surface area contributed by atoms with Gasteiger partial charge in [-0.15, -0.1) is 0 Å². The van der Waals surface area contributed by atoms with Crippen molar-refractivity contribution in [1.82, 2.24) is 9.55 Å². The Labute approximate surface area is 233 Å². The van der Waals surface area contributed by atoms with Crippen LogP contribution in [0.3, 0.4) is 0 Å². The summed E-state index contributed by atoms with van der Waals surface area (Å²) in [6.45, 7) is 1.77. The molecule has 1 unspecified atom stereocenters. The highest BCUT2D eigenvalue weighted by atomic mass is 16.7. The highest BCUT2D eigenvalue weighted by Gasteiger charge is 2.43. The molecule has 224 valence electrons. The van der Waals surface area contributed by atoms with E-state index in [1.165, 1.54) is 102 Å². The van der Waals surface area contributed by atoms with Crippen molar-refractivity contribution in [2.24, 2.45) is 0 Å². The molecule has 0 spiro atoms. The molecule has 0 bridgehead atoms. The van der Waals surface area contributed by atoms with E-state index in [9.17, 15) is 24.9 Å². The Morgan fingerprint density at radius 1 is 0.897 bits per heavy atom. The summed E-state index contributed by atoms with van der Waals surface area (Å²) < 4.78 is 6.34. The Balaban J connectivity index is 1.45. The van der Waals surface area contributed by atoms with Gasteiger partial charge in [-0.05, 0) is 6.42 Å². The third kappa shape index (κ3) is 12.8. The van der Waals surface area contributed by atoms with E-state index in [-0.39, 0.29) is 12.2 Å². The number of aliphatic hydroxyl groups excluding tert-OH is 3. The van der Waals surface area contributed by atoms with Crippen molar-refractivity contribution in [1.29, 1.82) is 0 Å². The van der Waals surface area contributed by atoms with Crippen LogP contribution in [0.15, 0.2) is 17.1 Å². The molecule has 10 heteroatoms. The first kappa shape index (κ1) is 33.2. The van der Waals surface area contributed by atoms with Gasteiger partial charge in [0, 0.05) is 18.7 Å². The van der Waals surface area contributed by atoms with Gasteiger partial charge >= 0.3 is 11.7 Å². The Kier molecular flexibility index (Phi) is 17.0. The second-order valence-electron chi connectivity index (χ2n) is 10.7. The van der Waals surface area contributed by atoms with E-state index in [0.717, 1.165) is 23.8 Å². The van der Waals surface area contributed by atoms with Crippen molar-refractivity contribution < 1.29 is 29.7 Å². The average Bonchev–Trinajstić information content (AvgIpc) is 3.22. The van der Waals surface area contributed by atoms with Crippen molar-refractivity contribution in [3.63, 3.8) is 0 Å². The summed E-state index contributed by atoms with van der Waals surface area (Å²) in [7, 11) is 0. The van der Waals surface area contributed by atoms with Crippen molar-refractivity contribution in [2.45, 2.75) is 147 Å². The summed E-state index contributed by atoms with van der Waals surface area (Å²) >= 11 is 0. The van der Waals surface area contributed by atoms with Crippen LogP contribution in [0, 0.1) is 0 Å². The molecule has 1 aliphatic rings. The lowest BCUT2D eigenvalue weighted by molar-refractivity contribution is -0.140. The molecule has 2 rings (SSSR count). The van der Waals surface area contributed by atoms with Crippen LogP contribution in [-0.4, -0.2) is 55.8 Å². The molecule has 1 aromatic rings. The Hall–Kier alpha value is -2.01. The van der Waals surface area contributed by atoms with Crippen LogP contribution >= 0.6 is 0 Å². The van der Waals surface area contributed by atoms with Gasteiger partial charge in [0.15, 0.2) is 12.0 Å². The van der Waals surface area contributed by atoms with Gasteiger partial charge in [0.25, 0.3) is 0 Å². The van der Waals surface area contributed by atoms with E-state index >= 15 is 0 Å². The van der Waals surface area contributed by atoms with Crippen molar-refractivity contribution in [3.05, 3.63) is 22.7 Å². The van der Waals surface area contributed by atoms with Crippen molar-refractivity contribution >= 4 is 11.8 Å². The smallest absolute Gasteiger partial charge is 0.351 e. The number of nitrogens with zero attached hydrogens (tertiary/aromatic N) is 2. The standard InChI is InChI=1S/C29H51N3O7/c1-2-3-4-5-6-7-8-9-10-11-12-13-14-15-16-17-18-19-25(34)39-31-24-20-21-32(29(37)30-24)28-27(36)26(35)23(22-33)38-28/h20-21,23,26-28,33,35-36H,2-19,22H2,1H3,(H,30,31,37)/t23-,26?,27+,28-/m1/s1. The molecule has 0 amide bonds. The van der Waals surface area contributed by atoms with E-state index in [0.29, 0.717) is 0 Å². The second-order valence-corrected chi connectivity index (χ2v) is 10.7. The summed E-state index contributed by atoms with van der Waals surface area (Å²) in [5.41, 5.74) is 1.62. The molecule has 1 saturated heterocycles. The van der Waals surface area contributed by atoms with Gasteiger partial charge in [-0.25, -0.2) is 15.1 Å². The van der Waals surface area contributed by atoms with Gasteiger partial charge in [-0.2, -0.15) is 4.98 Å². The molecule has 0 saturated carbocycles. The molecule has 1 fully saturated rings. The van der Waals surface area contributed by atoms with E-state index in [1.54, 1.807) is 0 Å². The Bertz CT molecular complexity index is 850. The number of unbranched alkanes of at least 4 members (excludes halogenated alkanes) is 16. The van der Waals surface area contributed by atoms with E-state index in [2.05, 4.69) is 17.4 Å². The molecule has 2 heterocycles. The molecule has 39 heavy (non-hydrogen) atoms. The minimum absolute atomic E-state index is 0.0405. The van der Waals surface area contributed by atoms with Crippen molar-refractivity contribution in [2.75, 3.05) is 12.1 Å². The summed E-state index contributed by atoms with van der Waals surface area (Å²) in [5.74, 6) is -0.385. The number of carbonyl (C=O) groups is 1. The lowest BCUT2D eigenvalue weighted by Crippen LogP contribution is -2.36. The molecule has 0 radical (unpaired) electrons. The highest BCUT2D eigenvalue weighted by molar-refractivity contribution is 5.70. The topological polar surface area (TPSA) is 143 Å². The Morgan fingerprint density at radius 2 is 1.41 bits per heavy atom. The van der Waals surface area contributed by atoms with Crippen LogP contribution in [0.1, 0.15) is 129 Å². The number of nitrogens with one attached hydrogen (secondary N) is 1. The zero-order valence-corrected chi connectivity index (χ0v) is 23.8. The second kappa shape index (κ2) is 20.0. The first-order valence-corrected chi connectivity index (χ1v) is 15.1. The van der Waals surface area contributed by atoms with Gasteiger partial charge in [-0.3, -0.25) is 4.57 Å². The predicted molar refractivity (Wildman–Crippen MR) is 150 cm³/mol. The van der Waals surface area contributed by atoms with Crippen LogP contribution < -0.4 is 11.2 Å². The SMILES string of the molecule is CCCCCCCCCCCCCCCCCCCC(=O)ONc1ccn([C@@H]2O[C@H](CO)C(O)[C@@H]2O)c(=O)n1. The number of rotatable bonds is 22. The van der Waals surface area contributed by atoms with Crippen LogP contribution in [0.5, 0.6) is 0 Å². The quantitative estimate of drug-likeness (QED) is 0.118. The Morgan fingerprint density at radius 3 is 1.87 bits per heavy atom. The first-order valence-electron chi connectivity index (χ1n) is 15.1. The largest absolute Gasteiger partial charge is 0.394 e. The fourth-order valence-electron chi connectivity index (χ4n) is 4.93. The number of ether oxygens (including phenoxy) is 1. The first-order chi connectivity index (χ1) is 19.0. The van der Waals surface area contributed by atoms with E-state index < -0.39 is 42.8 Å². The van der Waals surface area contributed by atoms with Crippen molar-refractivity contribution in [3.8, 4) is 0 Å². The van der Waals surface area contributed by atoms with Crippen LogP contribution in [0.4, 0.5) is 5.82 Å². The number of hydrogen-bond acceptors (Lipinski definition) is 9. The van der Waals surface area contributed by atoms with Crippen LogP contribution in [0.2, 0.25) is 0 Å². The normalized spacial score (nSPS) is 20.8. The molecular weight excluding hydrogens is 502 g/mol. The predicted octanol–water partition coefficient (Wildman–Crippen LogP) is 4.77. The number of aromatic nitrogens is 2. The number of hydrogen-bond donors (Lipinski definition) is 4. The minimum atomic E-state index is -1.39. The molecule has 10 nitrogen and oxygen atoms in total. The molecule has 4 N–H and O–H groups in total. The molecule has 1 aromatic heterocycles. The zero-order chi connectivity index (χ0) is 28.3. The minimum Gasteiger partial charge on any atom is -0.394 e. The number of carbonyl (C=O) groups excluding carboxylic acids is 1. The van der Waals surface area contributed by atoms with Gasteiger partial charge < -0.3 is 24.9 Å². The molecule has 0 aliphatic carbocycles. The van der Waals surface area contributed by atoms with Crippen LogP contribution in [0.25, 0.3) is 0 Å². The maximum atomic E-state index is 12.3. The summed E-state index contributed by atoms with van der Waals surface area (Å²) in [5, 5.41) is 29.1. The van der Waals surface area contributed by atoms with Crippen LogP contribution in [-0.2, 0) is 14.4 Å². The maximum Gasteiger partial charge on any atom is 0.351 e. The number of aliphatic hydroxyl groups is 3. The van der Waals surface area contributed by atoms with E-state index in [4.69, 9.17) is 9.57 Å². The lowest BCUT2D eigenvalue weighted by Gasteiger charge is -2.17. The molecule has 0 aromatic carbocycles. The van der Waals surface area contributed by atoms with Gasteiger partial charge in [0.05, 0.1) is 6.61 Å². The highest BCUT2D eigenvalue weighted by Crippen LogP contribution is 2.28. The summed E-state index contributed by atoms with van der Waals surface area (Å²) in [6, 6.07) is 1.39. The molecule has 1 aliphatic heterocycles. The van der Waals surface area contributed by atoms with Gasteiger partial charge in [0.1, 0.15) is 18.3 Å². The third-order valence-corrected chi connectivity index (χ3v) is 7.38. The maximum absolute atomic E-state index is 12.3. The fourth-order valence-corrected chi connectivity index (χ4v) is 4.93. The fraction of sp³-hybridized carbons (Fsp3) is 0.828. The summed E-state index contributed by atoms with van der Waals surface area (Å²) in [4.78, 5) is 33.0. The molecular formula is C29H51N3O7. The lowest BCUT2D eigenvalue weighted by atomic mass is 10.0. The monoisotopic (exact) mass is 553 g/mol. The molecule has 4 atom stereocenters. The van der Waals surface area contributed by atoms with Gasteiger partial charge in [-0.1, -0.05) is 110 Å². The average molecular weight is 554 g/mol.